The average Bonchev–Trinajstić information content (AvgIpc) is 2.86. The smallest absolute Gasteiger partial charge is 0.257 e. The molecule has 2 heterocycles. The first-order valence-electron chi connectivity index (χ1n) is 11.4. The Balaban J connectivity index is 1.43. The highest BCUT2D eigenvalue weighted by Gasteiger charge is 2.21. The Kier molecular flexibility index (Phi) is 7.49. The molecule has 8 nitrogen and oxygen atoms in total. The van der Waals surface area contributed by atoms with Crippen LogP contribution in [0.15, 0.2) is 54.6 Å². The van der Waals surface area contributed by atoms with Gasteiger partial charge in [0, 0.05) is 44.4 Å². The quantitative estimate of drug-likeness (QED) is 0.533. The van der Waals surface area contributed by atoms with Gasteiger partial charge in [-0.2, -0.15) is 0 Å². The van der Waals surface area contributed by atoms with E-state index in [0.717, 1.165) is 5.82 Å². The lowest BCUT2D eigenvalue weighted by molar-refractivity contribution is -0.129. The van der Waals surface area contributed by atoms with Gasteiger partial charge in [-0.25, -0.2) is 9.37 Å². The summed E-state index contributed by atoms with van der Waals surface area (Å²) in [5.74, 6) is -0.440. The van der Waals surface area contributed by atoms with Crippen molar-refractivity contribution in [2.24, 2.45) is 0 Å². The summed E-state index contributed by atoms with van der Waals surface area (Å²) in [6.45, 7) is 5.95. The Morgan fingerprint density at radius 3 is 2.25 bits per heavy atom. The lowest BCUT2D eigenvalue weighted by Crippen LogP contribution is -2.48. The highest BCUT2D eigenvalue weighted by atomic mass is 35.5. The van der Waals surface area contributed by atoms with Gasteiger partial charge in [0.15, 0.2) is 0 Å². The summed E-state index contributed by atoms with van der Waals surface area (Å²) >= 11 is 6.23. The van der Waals surface area contributed by atoms with Crippen molar-refractivity contribution in [1.29, 1.82) is 0 Å². The second-order valence-corrected chi connectivity index (χ2v) is 8.81. The topological polar surface area (TPSA) is 94.6 Å². The number of nitrogens with one attached hydrogen (secondary N) is 2. The minimum atomic E-state index is -0.458. The van der Waals surface area contributed by atoms with Crippen molar-refractivity contribution in [3.05, 3.63) is 82.3 Å². The number of hydrogen-bond donors (Lipinski definition) is 2. The summed E-state index contributed by atoms with van der Waals surface area (Å²) in [4.78, 5) is 45.5. The van der Waals surface area contributed by atoms with Gasteiger partial charge in [0.1, 0.15) is 11.6 Å². The molecule has 186 valence electrons. The first kappa shape index (κ1) is 25.1. The van der Waals surface area contributed by atoms with Crippen molar-refractivity contribution in [3.63, 3.8) is 0 Å². The lowest BCUT2D eigenvalue weighted by Gasteiger charge is -2.35. The molecule has 0 unspecified atom stereocenters. The van der Waals surface area contributed by atoms with Crippen LogP contribution in [0.1, 0.15) is 33.3 Å². The number of pyridine rings is 1. The van der Waals surface area contributed by atoms with Crippen LogP contribution in [-0.4, -0.2) is 53.8 Å². The van der Waals surface area contributed by atoms with E-state index in [0.29, 0.717) is 48.8 Å². The fourth-order valence-corrected chi connectivity index (χ4v) is 4.07. The summed E-state index contributed by atoms with van der Waals surface area (Å²) in [5.41, 5.74) is 1.98. The number of carbonyl (C=O) groups is 3. The van der Waals surface area contributed by atoms with Crippen LogP contribution in [0.2, 0.25) is 5.02 Å². The molecule has 1 fully saturated rings. The standard InChI is InChI=1S/C26H25ClFN5O3/c1-16-21(8-10-24(29-16)33-13-11-32(12-14-33)17(2)34)26(36)30-20-7-9-22(27)23(15-20)31-25(35)18-3-5-19(28)6-4-18/h3-10,15H,11-14H2,1-2H3,(H,30,36)(H,31,35). The maximum Gasteiger partial charge on any atom is 0.257 e. The molecule has 2 aromatic carbocycles. The molecule has 0 radical (unpaired) electrons. The van der Waals surface area contributed by atoms with Crippen LogP contribution in [0.3, 0.4) is 0 Å². The van der Waals surface area contributed by atoms with Crippen LogP contribution < -0.4 is 15.5 Å². The van der Waals surface area contributed by atoms with Gasteiger partial charge in [0.05, 0.1) is 22.0 Å². The van der Waals surface area contributed by atoms with Crippen molar-refractivity contribution >= 4 is 46.5 Å². The molecule has 3 aromatic rings. The minimum Gasteiger partial charge on any atom is -0.353 e. The maximum atomic E-state index is 13.1. The molecule has 4 rings (SSSR count). The van der Waals surface area contributed by atoms with Gasteiger partial charge >= 0.3 is 0 Å². The Bertz CT molecular complexity index is 1310. The van der Waals surface area contributed by atoms with E-state index < -0.39 is 11.7 Å². The first-order valence-corrected chi connectivity index (χ1v) is 11.7. The van der Waals surface area contributed by atoms with Gasteiger partial charge in [-0.1, -0.05) is 11.6 Å². The molecule has 1 aromatic heterocycles. The largest absolute Gasteiger partial charge is 0.353 e. The van der Waals surface area contributed by atoms with Crippen LogP contribution in [0.5, 0.6) is 0 Å². The number of halogens is 2. The Morgan fingerprint density at radius 1 is 0.917 bits per heavy atom. The summed E-state index contributed by atoms with van der Waals surface area (Å²) in [6.07, 6.45) is 0. The molecular weight excluding hydrogens is 485 g/mol. The summed E-state index contributed by atoms with van der Waals surface area (Å²) in [5, 5.41) is 5.77. The number of aromatic nitrogens is 1. The third kappa shape index (κ3) is 5.80. The van der Waals surface area contributed by atoms with Crippen molar-refractivity contribution < 1.29 is 18.8 Å². The monoisotopic (exact) mass is 509 g/mol. The van der Waals surface area contributed by atoms with E-state index in [9.17, 15) is 18.8 Å². The van der Waals surface area contributed by atoms with Crippen molar-refractivity contribution in [2.75, 3.05) is 41.7 Å². The number of carbonyl (C=O) groups excluding carboxylic acids is 3. The normalized spacial score (nSPS) is 13.3. The zero-order chi connectivity index (χ0) is 25.8. The molecule has 1 saturated heterocycles. The number of rotatable bonds is 5. The van der Waals surface area contributed by atoms with E-state index in [1.165, 1.54) is 24.3 Å². The molecule has 0 bridgehead atoms. The van der Waals surface area contributed by atoms with Crippen LogP contribution in [-0.2, 0) is 4.79 Å². The van der Waals surface area contributed by atoms with Crippen molar-refractivity contribution in [1.82, 2.24) is 9.88 Å². The summed E-state index contributed by atoms with van der Waals surface area (Å²) < 4.78 is 13.1. The molecule has 0 spiro atoms. The van der Waals surface area contributed by atoms with Crippen LogP contribution in [0, 0.1) is 12.7 Å². The molecule has 10 heteroatoms. The van der Waals surface area contributed by atoms with Crippen molar-refractivity contribution in [3.8, 4) is 0 Å². The third-order valence-electron chi connectivity index (χ3n) is 5.94. The van der Waals surface area contributed by atoms with E-state index in [-0.39, 0.29) is 22.4 Å². The average molecular weight is 510 g/mol. The molecule has 0 aliphatic carbocycles. The highest BCUT2D eigenvalue weighted by Crippen LogP contribution is 2.27. The zero-order valence-electron chi connectivity index (χ0n) is 19.8. The predicted octanol–water partition coefficient (Wildman–Crippen LogP) is 4.36. The van der Waals surface area contributed by atoms with Crippen LogP contribution in [0.4, 0.5) is 21.6 Å². The molecule has 0 saturated carbocycles. The van der Waals surface area contributed by atoms with Gasteiger partial charge in [0.25, 0.3) is 11.8 Å². The number of nitrogens with zero attached hydrogens (tertiary/aromatic N) is 3. The van der Waals surface area contributed by atoms with E-state index in [1.54, 1.807) is 49.1 Å². The predicted molar refractivity (Wildman–Crippen MR) is 137 cm³/mol. The molecule has 3 amide bonds. The molecule has 2 N–H and O–H groups in total. The fourth-order valence-electron chi connectivity index (χ4n) is 3.91. The van der Waals surface area contributed by atoms with E-state index in [1.807, 2.05) is 0 Å². The van der Waals surface area contributed by atoms with Crippen LogP contribution >= 0.6 is 11.6 Å². The number of amides is 3. The first-order chi connectivity index (χ1) is 17.2. The minimum absolute atomic E-state index is 0.0613. The van der Waals surface area contributed by atoms with Gasteiger partial charge in [-0.05, 0) is 61.5 Å². The number of benzene rings is 2. The second kappa shape index (κ2) is 10.7. The Labute approximate surface area is 213 Å². The number of piperazine rings is 1. The maximum absolute atomic E-state index is 13.1. The molecule has 0 atom stereocenters. The second-order valence-electron chi connectivity index (χ2n) is 8.41. The Morgan fingerprint density at radius 2 is 1.61 bits per heavy atom. The SMILES string of the molecule is CC(=O)N1CCN(c2ccc(C(=O)Nc3ccc(Cl)c(NC(=O)c4ccc(F)cc4)c3)c(C)n2)CC1. The van der Waals surface area contributed by atoms with E-state index in [2.05, 4.69) is 20.5 Å². The zero-order valence-corrected chi connectivity index (χ0v) is 20.6. The summed E-state index contributed by atoms with van der Waals surface area (Å²) in [6, 6.07) is 13.4. The van der Waals surface area contributed by atoms with Crippen molar-refractivity contribution in [2.45, 2.75) is 13.8 Å². The summed E-state index contributed by atoms with van der Waals surface area (Å²) in [7, 11) is 0. The molecule has 1 aliphatic rings. The van der Waals surface area contributed by atoms with Gasteiger partial charge in [-0.3, -0.25) is 14.4 Å². The van der Waals surface area contributed by atoms with Gasteiger partial charge in [-0.15, -0.1) is 0 Å². The number of aryl methyl sites for hydroxylation is 1. The Hall–Kier alpha value is -3.98. The molecule has 36 heavy (non-hydrogen) atoms. The molecular formula is C26H25ClFN5O3. The number of anilines is 3. The van der Waals surface area contributed by atoms with Crippen LogP contribution in [0.25, 0.3) is 0 Å². The highest BCUT2D eigenvalue weighted by molar-refractivity contribution is 6.34. The van der Waals surface area contributed by atoms with E-state index >= 15 is 0 Å². The molecule has 1 aliphatic heterocycles. The third-order valence-corrected chi connectivity index (χ3v) is 6.27. The van der Waals surface area contributed by atoms with E-state index in [4.69, 9.17) is 11.6 Å². The van der Waals surface area contributed by atoms with Gasteiger partial charge < -0.3 is 20.4 Å². The lowest BCUT2D eigenvalue weighted by atomic mass is 10.1. The number of hydrogen-bond acceptors (Lipinski definition) is 5. The fraction of sp³-hybridized carbons (Fsp3) is 0.231. The van der Waals surface area contributed by atoms with Gasteiger partial charge in [0.2, 0.25) is 5.91 Å².